The van der Waals surface area contributed by atoms with Gasteiger partial charge in [-0.15, -0.1) is 0 Å². The molecule has 0 radical (unpaired) electrons. The monoisotopic (exact) mass is 356 g/mol. The van der Waals surface area contributed by atoms with E-state index in [2.05, 4.69) is 24.8 Å². The molecule has 2 N–H and O–H groups in total. The molecule has 0 aliphatic carbocycles. The largest absolute Gasteiger partial charge is 0.474 e. The first-order chi connectivity index (χ1) is 12.2. The summed E-state index contributed by atoms with van der Waals surface area (Å²) in [6, 6.07) is 0. The molecule has 3 nitrogen and oxygen atoms in total. The molecule has 0 aliphatic heterocycles. The number of unbranched alkanes of at least 4 members (excludes halogenated alkanes) is 11. The van der Waals surface area contributed by atoms with Gasteiger partial charge >= 0.3 is 0 Å². The molecule has 0 bridgehead atoms. The van der Waals surface area contributed by atoms with Crippen LogP contribution >= 0.6 is 0 Å². The summed E-state index contributed by atoms with van der Waals surface area (Å²) < 4.78 is 4.36. The van der Waals surface area contributed by atoms with E-state index in [1.807, 2.05) is 0 Å². The highest BCUT2D eigenvalue weighted by atomic mass is 16.5. The summed E-state index contributed by atoms with van der Waals surface area (Å²) in [5, 5.41) is 18.5. The standard InChI is InChI=1S/C18H38O2.C4H6O/c1-2-3-4-12-15-18(20)16-13-10-8-6-5-7-9-11-14-17-19;1-3-5-4-2/h18-20H,2-17H2,1H3;3-4H,1-2H2. The van der Waals surface area contributed by atoms with Crippen LogP contribution in [0.2, 0.25) is 0 Å². The first-order valence-electron chi connectivity index (χ1n) is 10.4. The highest BCUT2D eigenvalue weighted by molar-refractivity contribution is 4.58. The van der Waals surface area contributed by atoms with E-state index in [0.717, 1.165) is 19.3 Å². The fourth-order valence-corrected chi connectivity index (χ4v) is 2.75. The minimum atomic E-state index is -0.0506. The van der Waals surface area contributed by atoms with E-state index >= 15 is 0 Å². The molecule has 0 aromatic heterocycles. The SMILES string of the molecule is C=COC=C.CCCCCCC(O)CCCCCCCCCCCO. The predicted octanol–water partition coefficient (Wildman–Crippen LogP) is 6.50. The Morgan fingerprint density at radius 1 is 0.720 bits per heavy atom. The summed E-state index contributed by atoms with van der Waals surface area (Å²) in [6.45, 7) is 9.09. The fraction of sp³-hybridized carbons (Fsp3) is 0.818. The van der Waals surface area contributed by atoms with Gasteiger partial charge in [-0.2, -0.15) is 0 Å². The molecule has 25 heavy (non-hydrogen) atoms. The summed E-state index contributed by atoms with van der Waals surface area (Å²) in [6.07, 6.45) is 20.9. The molecule has 0 aromatic rings. The van der Waals surface area contributed by atoms with E-state index in [9.17, 15) is 5.11 Å². The maximum Gasteiger partial charge on any atom is 0.0829 e. The van der Waals surface area contributed by atoms with Crippen molar-refractivity contribution in [2.24, 2.45) is 0 Å². The number of aliphatic hydroxyl groups is 2. The van der Waals surface area contributed by atoms with Gasteiger partial charge in [0.25, 0.3) is 0 Å². The van der Waals surface area contributed by atoms with Gasteiger partial charge in [0, 0.05) is 6.61 Å². The van der Waals surface area contributed by atoms with Gasteiger partial charge in [-0.05, 0) is 19.3 Å². The van der Waals surface area contributed by atoms with Crippen molar-refractivity contribution >= 4 is 0 Å². The molecule has 1 atom stereocenters. The number of rotatable bonds is 18. The molecule has 0 aromatic carbocycles. The number of ether oxygens (including phenoxy) is 1. The van der Waals surface area contributed by atoms with Gasteiger partial charge in [0.15, 0.2) is 0 Å². The van der Waals surface area contributed by atoms with Gasteiger partial charge in [-0.3, -0.25) is 0 Å². The molecular weight excluding hydrogens is 312 g/mol. The Hall–Kier alpha value is -0.800. The van der Waals surface area contributed by atoms with Crippen LogP contribution in [0.3, 0.4) is 0 Å². The quantitative estimate of drug-likeness (QED) is 0.218. The minimum absolute atomic E-state index is 0.0506. The van der Waals surface area contributed by atoms with Crippen molar-refractivity contribution in [3.8, 4) is 0 Å². The number of hydrogen-bond donors (Lipinski definition) is 2. The second kappa shape index (κ2) is 25.4. The molecule has 1 unspecified atom stereocenters. The Labute approximate surface area is 157 Å². The third-order valence-corrected chi connectivity index (χ3v) is 4.28. The average molecular weight is 357 g/mol. The molecule has 0 spiro atoms. The van der Waals surface area contributed by atoms with E-state index < -0.39 is 0 Å². The van der Waals surface area contributed by atoms with Crippen LogP contribution in [0.15, 0.2) is 25.7 Å². The van der Waals surface area contributed by atoms with Crippen LogP contribution in [-0.2, 0) is 4.74 Å². The Balaban J connectivity index is 0. The van der Waals surface area contributed by atoms with Gasteiger partial charge in [-0.25, -0.2) is 0 Å². The Morgan fingerprint density at radius 3 is 1.48 bits per heavy atom. The highest BCUT2D eigenvalue weighted by Gasteiger charge is 2.03. The summed E-state index contributed by atoms with van der Waals surface area (Å²) >= 11 is 0. The van der Waals surface area contributed by atoms with Gasteiger partial charge in [-0.1, -0.05) is 97.1 Å². The second-order valence-electron chi connectivity index (χ2n) is 6.67. The molecule has 0 fully saturated rings. The van der Waals surface area contributed by atoms with Crippen LogP contribution in [0.1, 0.15) is 103 Å². The Bertz CT molecular complexity index is 248. The van der Waals surface area contributed by atoms with Crippen LogP contribution in [0.25, 0.3) is 0 Å². The summed E-state index contributed by atoms with van der Waals surface area (Å²) in [7, 11) is 0. The Kier molecular flexibility index (Phi) is 26.9. The maximum absolute atomic E-state index is 9.85. The summed E-state index contributed by atoms with van der Waals surface area (Å²) in [4.78, 5) is 0. The zero-order valence-electron chi connectivity index (χ0n) is 16.8. The zero-order chi connectivity index (χ0) is 19.0. The lowest BCUT2D eigenvalue weighted by molar-refractivity contribution is 0.147. The van der Waals surface area contributed by atoms with Crippen molar-refractivity contribution in [1.29, 1.82) is 0 Å². The third-order valence-electron chi connectivity index (χ3n) is 4.28. The van der Waals surface area contributed by atoms with Crippen LogP contribution in [0.5, 0.6) is 0 Å². The highest BCUT2D eigenvalue weighted by Crippen LogP contribution is 2.14. The number of hydrogen-bond acceptors (Lipinski definition) is 3. The van der Waals surface area contributed by atoms with Crippen LogP contribution < -0.4 is 0 Å². The maximum atomic E-state index is 9.85. The Morgan fingerprint density at radius 2 is 1.12 bits per heavy atom. The predicted molar refractivity (Wildman–Crippen MR) is 110 cm³/mol. The molecule has 3 heteroatoms. The average Bonchev–Trinajstić information content (AvgIpc) is 2.61. The molecule has 0 saturated carbocycles. The lowest BCUT2D eigenvalue weighted by Gasteiger charge is -2.10. The van der Waals surface area contributed by atoms with E-state index in [0.29, 0.717) is 6.61 Å². The molecule has 0 heterocycles. The number of aliphatic hydroxyl groups excluding tert-OH is 2. The smallest absolute Gasteiger partial charge is 0.0829 e. The second-order valence-corrected chi connectivity index (χ2v) is 6.67. The topological polar surface area (TPSA) is 49.7 Å². The summed E-state index contributed by atoms with van der Waals surface area (Å²) in [5.74, 6) is 0. The molecular formula is C22H44O3. The van der Waals surface area contributed by atoms with Crippen LogP contribution in [0.4, 0.5) is 0 Å². The molecule has 0 rings (SSSR count). The molecule has 0 saturated heterocycles. The molecule has 150 valence electrons. The van der Waals surface area contributed by atoms with E-state index in [1.54, 1.807) is 0 Å². The first kappa shape index (κ1) is 26.4. The van der Waals surface area contributed by atoms with Gasteiger partial charge in [0.05, 0.1) is 18.6 Å². The third kappa shape index (κ3) is 28.3. The normalized spacial score (nSPS) is 11.3. The van der Waals surface area contributed by atoms with Crippen molar-refractivity contribution in [3.63, 3.8) is 0 Å². The van der Waals surface area contributed by atoms with Crippen molar-refractivity contribution in [2.75, 3.05) is 6.61 Å². The van der Waals surface area contributed by atoms with E-state index in [-0.39, 0.29) is 6.10 Å². The zero-order valence-corrected chi connectivity index (χ0v) is 16.8. The van der Waals surface area contributed by atoms with Gasteiger partial charge in [0.2, 0.25) is 0 Å². The van der Waals surface area contributed by atoms with Crippen molar-refractivity contribution in [1.82, 2.24) is 0 Å². The van der Waals surface area contributed by atoms with Crippen molar-refractivity contribution in [3.05, 3.63) is 25.7 Å². The lowest BCUT2D eigenvalue weighted by atomic mass is 10.0. The van der Waals surface area contributed by atoms with Crippen LogP contribution in [-0.4, -0.2) is 22.9 Å². The van der Waals surface area contributed by atoms with Gasteiger partial charge in [0.1, 0.15) is 0 Å². The van der Waals surface area contributed by atoms with Crippen molar-refractivity contribution in [2.45, 2.75) is 109 Å². The van der Waals surface area contributed by atoms with Crippen molar-refractivity contribution < 1.29 is 14.9 Å². The van der Waals surface area contributed by atoms with E-state index in [1.165, 1.54) is 89.6 Å². The van der Waals surface area contributed by atoms with Crippen LogP contribution in [0, 0.1) is 0 Å². The molecule has 0 amide bonds. The first-order valence-corrected chi connectivity index (χ1v) is 10.4. The van der Waals surface area contributed by atoms with E-state index in [4.69, 9.17) is 5.11 Å². The lowest BCUT2D eigenvalue weighted by Crippen LogP contribution is -2.05. The molecule has 0 aliphatic rings. The summed E-state index contributed by atoms with van der Waals surface area (Å²) in [5.41, 5.74) is 0. The minimum Gasteiger partial charge on any atom is -0.474 e. The fourth-order valence-electron chi connectivity index (χ4n) is 2.75. The van der Waals surface area contributed by atoms with Gasteiger partial charge < -0.3 is 14.9 Å².